The molecule has 0 radical (unpaired) electrons. The van der Waals surface area contributed by atoms with Crippen LogP contribution in [0, 0.1) is 0 Å². The molecule has 0 saturated carbocycles. The molecule has 15 heavy (non-hydrogen) atoms. The van der Waals surface area contributed by atoms with Crippen LogP contribution < -0.4 is 5.32 Å². The van der Waals surface area contributed by atoms with Crippen molar-refractivity contribution in [2.24, 2.45) is 0 Å². The van der Waals surface area contributed by atoms with Crippen LogP contribution in [0.1, 0.15) is 33.1 Å². The van der Waals surface area contributed by atoms with E-state index in [0.29, 0.717) is 19.0 Å². The fourth-order valence-electron chi connectivity index (χ4n) is 1.97. The SMILES string of the molecule is CN(CC(C)(C)O)C(=O)CC1CCCN1. The van der Waals surface area contributed by atoms with Gasteiger partial charge in [0, 0.05) is 26.1 Å². The topological polar surface area (TPSA) is 52.6 Å². The highest BCUT2D eigenvalue weighted by Gasteiger charge is 2.23. The number of carbonyl (C=O) groups is 1. The van der Waals surface area contributed by atoms with Crippen LogP contribution in [0.5, 0.6) is 0 Å². The van der Waals surface area contributed by atoms with Crippen molar-refractivity contribution >= 4 is 5.91 Å². The molecule has 2 N–H and O–H groups in total. The summed E-state index contributed by atoms with van der Waals surface area (Å²) >= 11 is 0. The van der Waals surface area contributed by atoms with Crippen LogP contribution >= 0.6 is 0 Å². The molecule has 4 heteroatoms. The predicted octanol–water partition coefficient (Wildman–Crippen LogP) is 0.358. The Balaban J connectivity index is 2.32. The first-order valence-corrected chi connectivity index (χ1v) is 5.58. The fourth-order valence-corrected chi connectivity index (χ4v) is 1.97. The largest absolute Gasteiger partial charge is 0.389 e. The highest BCUT2D eigenvalue weighted by atomic mass is 16.3. The third-order valence-electron chi connectivity index (χ3n) is 2.63. The van der Waals surface area contributed by atoms with E-state index >= 15 is 0 Å². The Kier molecular flexibility index (Phi) is 4.11. The second kappa shape index (κ2) is 4.94. The Bertz CT molecular complexity index is 217. The summed E-state index contributed by atoms with van der Waals surface area (Å²) in [6.45, 7) is 4.83. The fraction of sp³-hybridized carbons (Fsp3) is 0.909. The molecule has 1 atom stereocenters. The molecule has 0 bridgehead atoms. The molecule has 1 saturated heterocycles. The van der Waals surface area contributed by atoms with Gasteiger partial charge in [-0.1, -0.05) is 0 Å². The lowest BCUT2D eigenvalue weighted by Gasteiger charge is -2.26. The standard InChI is InChI=1S/C11H22N2O2/c1-11(2,15)8-13(3)10(14)7-9-5-4-6-12-9/h9,12,15H,4-8H2,1-3H3. The summed E-state index contributed by atoms with van der Waals surface area (Å²) in [6.07, 6.45) is 2.79. The Hall–Kier alpha value is -0.610. The number of rotatable bonds is 4. The van der Waals surface area contributed by atoms with Crippen molar-refractivity contribution in [3.05, 3.63) is 0 Å². The van der Waals surface area contributed by atoms with E-state index in [1.807, 2.05) is 0 Å². The van der Waals surface area contributed by atoms with Crippen LogP contribution in [0.2, 0.25) is 0 Å². The van der Waals surface area contributed by atoms with Crippen molar-refractivity contribution in [3.63, 3.8) is 0 Å². The van der Waals surface area contributed by atoms with Gasteiger partial charge >= 0.3 is 0 Å². The minimum absolute atomic E-state index is 0.108. The summed E-state index contributed by atoms with van der Waals surface area (Å²) in [6, 6.07) is 0.335. The van der Waals surface area contributed by atoms with E-state index in [2.05, 4.69) is 5.32 Å². The van der Waals surface area contributed by atoms with Gasteiger partial charge in [-0.2, -0.15) is 0 Å². The molecule has 0 aliphatic carbocycles. The van der Waals surface area contributed by atoms with Crippen molar-refractivity contribution < 1.29 is 9.90 Å². The molecule has 1 aliphatic rings. The molecular weight excluding hydrogens is 192 g/mol. The lowest BCUT2D eigenvalue weighted by atomic mass is 10.1. The predicted molar refractivity (Wildman–Crippen MR) is 59.6 cm³/mol. The van der Waals surface area contributed by atoms with Gasteiger partial charge < -0.3 is 15.3 Å². The average molecular weight is 214 g/mol. The Morgan fingerprint density at radius 1 is 1.60 bits per heavy atom. The summed E-state index contributed by atoms with van der Waals surface area (Å²) in [5.74, 6) is 0.108. The van der Waals surface area contributed by atoms with E-state index in [-0.39, 0.29) is 5.91 Å². The molecule has 4 nitrogen and oxygen atoms in total. The zero-order chi connectivity index (χ0) is 11.5. The minimum atomic E-state index is -0.812. The lowest BCUT2D eigenvalue weighted by molar-refractivity contribution is -0.133. The molecule has 1 unspecified atom stereocenters. The van der Waals surface area contributed by atoms with E-state index in [1.54, 1.807) is 25.8 Å². The maximum absolute atomic E-state index is 11.8. The van der Waals surface area contributed by atoms with Gasteiger partial charge in [0.05, 0.1) is 5.60 Å². The Morgan fingerprint density at radius 3 is 2.73 bits per heavy atom. The van der Waals surface area contributed by atoms with Gasteiger partial charge in [0.1, 0.15) is 0 Å². The molecule has 1 aliphatic heterocycles. The van der Waals surface area contributed by atoms with Gasteiger partial charge in [-0.05, 0) is 33.2 Å². The smallest absolute Gasteiger partial charge is 0.223 e. The third kappa shape index (κ3) is 4.62. The molecule has 1 rings (SSSR count). The second-order valence-electron chi connectivity index (χ2n) is 5.06. The number of nitrogens with zero attached hydrogens (tertiary/aromatic N) is 1. The first-order valence-electron chi connectivity index (χ1n) is 5.58. The molecule has 0 aromatic carbocycles. The highest BCUT2D eigenvalue weighted by Crippen LogP contribution is 2.11. The normalized spacial score (nSPS) is 21.7. The first-order chi connectivity index (χ1) is 6.88. The minimum Gasteiger partial charge on any atom is -0.389 e. The molecule has 0 aromatic rings. The van der Waals surface area contributed by atoms with Crippen LogP contribution in [0.3, 0.4) is 0 Å². The van der Waals surface area contributed by atoms with Gasteiger partial charge in [0.25, 0.3) is 0 Å². The zero-order valence-electron chi connectivity index (χ0n) is 9.92. The number of likely N-dealkylation sites (N-methyl/N-ethyl adjacent to an activating group) is 1. The summed E-state index contributed by atoms with van der Waals surface area (Å²) in [5.41, 5.74) is -0.812. The van der Waals surface area contributed by atoms with Crippen molar-refractivity contribution in [3.8, 4) is 0 Å². The van der Waals surface area contributed by atoms with Gasteiger partial charge in [-0.25, -0.2) is 0 Å². The number of hydrogen-bond donors (Lipinski definition) is 2. The number of hydrogen-bond acceptors (Lipinski definition) is 3. The maximum Gasteiger partial charge on any atom is 0.223 e. The number of amides is 1. The highest BCUT2D eigenvalue weighted by molar-refractivity contribution is 5.76. The van der Waals surface area contributed by atoms with Crippen LogP contribution in [0.4, 0.5) is 0 Å². The van der Waals surface area contributed by atoms with Gasteiger partial charge in [-0.3, -0.25) is 4.79 Å². The Morgan fingerprint density at radius 2 is 2.27 bits per heavy atom. The van der Waals surface area contributed by atoms with Crippen molar-refractivity contribution in [2.45, 2.75) is 44.8 Å². The maximum atomic E-state index is 11.8. The molecule has 1 heterocycles. The lowest BCUT2D eigenvalue weighted by Crippen LogP contribution is -2.41. The van der Waals surface area contributed by atoms with E-state index < -0.39 is 5.60 Å². The van der Waals surface area contributed by atoms with Gasteiger partial charge in [0.2, 0.25) is 5.91 Å². The van der Waals surface area contributed by atoms with E-state index in [4.69, 9.17) is 0 Å². The van der Waals surface area contributed by atoms with Crippen LogP contribution in [0.15, 0.2) is 0 Å². The van der Waals surface area contributed by atoms with Crippen LogP contribution in [-0.4, -0.2) is 47.7 Å². The first kappa shape index (κ1) is 12.5. The Labute approximate surface area is 91.6 Å². The number of carbonyl (C=O) groups excluding carboxylic acids is 1. The second-order valence-corrected chi connectivity index (χ2v) is 5.06. The molecule has 88 valence electrons. The van der Waals surface area contributed by atoms with Crippen molar-refractivity contribution in [2.75, 3.05) is 20.1 Å². The number of aliphatic hydroxyl groups is 1. The number of nitrogens with one attached hydrogen (secondary N) is 1. The van der Waals surface area contributed by atoms with E-state index in [0.717, 1.165) is 19.4 Å². The summed E-state index contributed by atoms with van der Waals surface area (Å²) in [4.78, 5) is 13.4. The van der Waals surface area contributed by atoms with Crippen LogP contribution in [-0.2, 0) is 4.79 Å². The summed E-state index contributed by atoms with van der Waals surface area (Å²) < 4.78 is 0. The summed E-state index contributed by atoms with van der Waals surface area (Å²) in [5, 5.41) is 12.9. The molecular formula is C11H22N2O2. The van der Waals surface area contributed by atoms with E-state index in [9.17, 15) is 9.90 Å². The average Bonchev–Trinajstić information content (AvgIpc) is 2.53. The quantitative estimate of drug-likeness (QED) is 0.710. The third-order valence-corrected chi connectivity index (χ3v) is 2.63. The molecule has 1 fully saturated rings. The van der Waals surface area contributed by atoms with Crippen molar-refractivity contribution in [1.82, 2.24) is 10.2 Å². The van der Waals surface area contributed by atoms with Gasteiger partial charge in [0.15, 0.2) is 0 Å². The van der Waals surface area contributed by atoms with Crippen molar-refractivity contribution in [1.29, 1.82) is 0 Å². The van der Waals surface area contributed by atoms with Crippen LogP contribution in [0.25, 0.3) is 0 Å². The monoisotopic (exact) mass is 214 g/mol. The molecule has 0 aromatic heterocycles. The molecule has 1 amide bonds. The zero-order valence-corrected chi connectivity index (χ0v) is 9.92. The summed E-state index contributed by atoms with van der Waals surface area (Å²) in [7, 11) is 1.75. The van der Waals surface area contributed by atoms with E-state index in [1.165, 1.54) is 0 Å². The molecule has 0 spiro atoms. The van der Waals surface area contributed by atoms with Gasteiger partial charge in [-0.15, -0.1) is 0 Å².